The van der Waals surface area contributed by atoms with Crippen LogP contribution >= 0.6 is 0 Å². The van der Waals surface area contributed by atoms with Crippen LogP contribution in [0.2, 0.25) is 0 Å². The molecule has 0 saturated heterocycles. The van der Waals surface area contributed by atoms with Crippen molar-refractivity contribution in [1.29, 1.82) is 0 Å². The number of methoxy groups -OCH3 is 1. The Balaban J connectivity index is 1.84. The number of sulfonamides is 1. The lowest BCUT2D eigenvalue weighted by Crippen LogP contribution is -2.32. The minimum atomic E-state index is -3.84. The first kappa shape index (κ1) is 21.4. The first-order valence-corrected chi connectivity index (χ1v) is 9.86. The van der Waals surface area contributed by atoms with Gasteiger partial charge in [-0.05, 0) is 43.7 Å². The predicted molar refractivity (Wildman–Crippen MR) is 104 cm³/mol. The molecule has 2 aromatic carbocycles. The molecule has 0 aliphatic carbocycles. The summed E-state index contributed by atoms with van der Waals surface area (Å²) in [6.07, 6.45) is 0. The van der Waals surface area contributed by atoms with Crippen LogP contribution in [-0.2, 0) is 24.3 Å². The average molecular weight is 406 g/mol. The van der Waals surface area contributed by atoms with Crippen molar-refractivity contribution in [3.8, 4) is 5.75 Å². The molecule has 0 radical (unpaired) electrons. The second-order valence-electron chi connectivity index (χ2n) is 6.05. The van der Waals surface area contributed by atoms with E-state index in [1.54, 1.807) is 24.3 Å². The van der Waals surface area contributed by atoms with Crippen molar-refractivity contribution in [3.63, 3.8) is 0 Å². The van der Waals surface area contributed by atoms with Crippen molar-refractivity contribution in [2.24, 2.45) is 0 Å². The van der Waals surface area contributed by atoms with Gasteiger partial charge >= 0.3 is 5.97 Å². The van der Waals surface area contributed by atoms with Crippen molar-refractivity contribution in [1.82, 2.24) is 4.72 Å². The van der Waals surface area contributed by atoms with Gasteiger partial charge < -0.3 is 14.8 Å². The summed E-state index contributed by atoms with van der Waals surface area (Å²) in [6, 6.07) is 11.4. The smallest absolute Gasteiger partial charge is 0.321 e. The maximum Gasteiger partial charge on any atom is 0.321 e. The highest BCUT2D eigenvalue weighted by atomic mass is 32.2. The molecule has 0 unspecified atom stereocenters. The topological polar surface area (TPSA) is 111 Å². The van der Waals surface area contributed by atoms with E-state index in [9.17, 15) is 18.0 Å². The van der Waals surface area contributed by atoms with Gasteiger partial charge in [-0.2, -0.15) is 4.72 Å². The molecule has 0 aliphatic rings. The Morgan fingerprint density at radius 3 is 2.29 bits per heavy atom. The number of ether oxygens (including phenoxy) is 2. The molecule has 0 bridgehead atoms. The lowest BCUT2D eigenvalue weighted by Gasteiger charge is -2.11. The number of aryl methyl sites for hydroxylation is 2. The number of hydrogen-bond donors (Lipinski definition) is 2. The lowest BCUT2D eigenvalue weighted by atomic mass is 10.2. The predicted octanol–water partition coefficient (Wildman–Crippen LogP) is 1.77. The third kappa shape index (κ3) is 6.07. The maximum atomic E-state index is 12.1. The highest BCUT2D eigenvalue weighted by molar-refractivity contribution is 7.89. The molecule has 0 saturated carbocycles. The van der Waals surface area contributed by atoms with Gasteiger partial charge in [0.05, 0.1) is 17.7 Å². The van der Waals surface area contributed by atoms with Gasteiger partial charge in [0, 0.05) is 0 Å². The van der Waals surface area contributed by atoms with Crippen molar-refractivity contribution >= 4 is 27.6 Å². The Labute approximate surface area is 163 Å². The molecule has 0 fully saturated rings. The highest BCUT2D eigenvalue weighted by Gasteiger charge is 2.17. The van der Waals surface area contributed by atoms with E-state index in [4.69, 9.17) is 9.47 Å². The summed E-state index contributed by atoms with van der Waals surface area (Å²) in [7, 11) is -2.37. The van der Waals surface area contributed by atoms with Crippen LogP contribution in [0.1, 0.15) is 11.1 Å². The molecule has 9 heteroatoms. The van der Waals surface area contributed by atoms with Crippen LogP contribution in [0.25, 0.3) is 0 Å². The van der Waals surface area contributed by atoms with E-state index in [1.165, 1.54) is 19.2 Å². The Kier molecular flexibility index (Phi) is 7.13. The van der Waals surface area contributed by atoms with Gasteiger partial charge in [0.25, 0.3) is 5.91 Å². The zero-order valence-corrected chi connectivity index (χ0v) is 16.6. The van der Waals surface area contributed by atoms with Crippen LogP contribution in [0.3, 0.4) is 0 Å². The van der Waals surface area contributed by atoms with Gasteiger partial charge in [-0.3, -0.25) is 9.59 Å². The van der Waals surface area contributed by atoms with E-state index >= 15 is 0 Å². The zero-order chi connectivity index (χ0) is 20.7. The zero-order valence-electron chi connectivity index (χ0n) is 15.8. The number of amides is 1. The van der Waals surface area contributed by atoms with E-state index in [0.29, 0.717) is 11.4 Å². The fourth-order valence-electron chi connectivity index (χ4n) is 2.26. The summed E-state index contributed by atoms with van der Waals surface area (Å²) in [5, 5.41) is 2.58. The molecule has 28 heavy (non-hydrogen) atoms. The number of anilines is 1. The van der Waals surface area contributed by atoms with Crippen molar-refractivity contribution < 1.29 is 27.5 Å². The molecule has 8 nitrogen and oxygen atoms in total. The minimum Gasteiger partial charge on any atom is -0.495 e. The first-order chi connectivity index (χ1) is 13.2. The molecule has 2 rings (SSSR count). The van der Waals surface area contributed by atoms with Gasteiger partial charge in [-0.15, -0.1) is 0 Å². The number of rotatable bonds is 8. The van der Waals surface area contributed by atoms with E-state index in [2.05, 4.69) is 10.0 Å². The summed E-state index contributed by atoms with van der Waals surface area (Å²) < 4.78 is 36.3. The fourth-order valence-corrected chi connectivity index (χ4v) is 3.23. The number of benzene rings is 2. The molecule has 0 aliphatic heterocycles. The molecular formula is C19H22N2O6S. The third-order valence-corrected chi connectivity index (χ3v) is 5.15. The van der Waals surface area contributed by atoms with E-state index in [-0.39, 0.29) is 4.90 Å². The summed E-state index contributed by atoms with van der Waals surface area (Å²) in [4.78, 5) is 23.8. The molecule has 2 aromatic rings. The van der Waals surface area contributed by atoms with Crippen LogP contribution in [0.4, 0.5) is 5.69 Å². The second-order valence-corrected chi connectivity index (χ2v) is 7.82. The Morgan fingerprint density at radius 2 is 1.64 bits per heavy atom. The summed E-state index contributed by atoms with van der Waals surface area (Å²) in [5.41, 5.74) is 2.27. The van der Waals surface area contributed by atoms with Crippen molar-refractivity contribution in [3.05, 3.63) is 53.6 Å². The van der Waals surface area contributed by atoms with E-state index in [1.807, 2.05) is 19.9 Å². The summed E-state index contributed by atoms with van der Waals surface area (Å²) in [5.74, 6) is -0.975. The minimum absolute atomic E-state index is 0.0372. The monoisotopic (exact) mass is 406 g/mol. The van der Waals surface area contributed by atoms with E-state index in [0.717, 1.165) is 11.1 Å². The quantitative estimate of drug-likeness (QED) is 0.647. The van der Waals surface area contributed by atoms with Crippen LogP contribution in [-0.4, -0.2) is 40.6 Å². The average Bonchev–Trinajstić information content (AvgIpc) is 2.65. The molecular weight excluding hydrogens is 384 g/mol. The second kappa shape index (κ2) is 9.34. The highest BCUT2D eigenvalue weighted by Crippen LogP contribution is 2.25. The van der Waals surface area contributed by atoms with E-state index < -0.39 is 35.1 Å². The summed E-state index contributed by atoms with van der Waals surface area (Å²) >= 11 is 0. The SMILES string of the molecule is COc1ccc(C)cc1NC(=O)COC(=O)CNS(=O)(=O)c1ccc(C)cc1. The normalized spacial score (nSPS) is 11.0. The molecule has 150 valence electrons. The van der Waals surface area contributed by atoms with Gasteiger partial charge in [-0.1, -0.05) is 23.8 Å². The molecule has 1 amide bonds. The first-order valence-electron chi connectivity index (χ1n) is 8.38. The number of esters is 1. The van der Waals surface area contributed by atoms with Crippen LogP contribution in [0.5, 0.6) is 5.75 Å². The van der Waals surface area contributed by atoms with Crippen LogP contribution < -0.4 is 14.8 Å². The van der Waals surface area contributed by atoms with Gasteiger partial charge in [-0.25, -0.2) is 8.42 Å². The lowest BCUT2D eigenvalue weighted by molar-refractivity contribution is -0.146. The Hall–Kier alpha value is -2.91. The van der Waals surface area contributed by atoms with Crippen molar-refractivity contribution in [2.45, 2.75) is 18.7 Å². The number of hydrogen-bond acceptors (Lipinski definition) is 6. The fraction of sp³-hybridized carbons (Fsp3) is 0.263. The van der Waals surface area contributed by atoms with Crippen LogP contribution in [0, 0.1) is 13.8 Å². The number of carbonyl (C=O) groups excluding carboxylic acids is 2. The largest absolute Gasteiger partial charge is 0.495 e. The standard InChI is InChI=1S/C19H22N2O6S/c1-13-4-7-15(8-5-13)28(24,25)20-11-19(23)27-12-18(22)21-16-10-14(2)6-9-17(16)26-3/h4-10,20H,11-12H2,1-3H3,(H,21,22). The number of carbonyl (C=O) groups is 2. The van der Waals surface area contributed by atoms with Crippen LogP contribution in [0.15, 0.2) is 47.4 Å². The Bertz CT molecular complexity index is 955. The molecule has 0 heterocycles. The van der Waals surface area contributed by atoms with Gasteiger partial charge in [0.15, 0.2) is 6.61 Å². The van der Waals surface area contributed by atoms with Gasteiger partial charge in [0.2, 0.25) is 10.0 Å². The molecule has 0 aromatic heterocycles. The molecule has 2 N–H and O–H groups in total. The molecule has 0 spiro atoms. The maximum absolute atomic E-state index is 12.1. The summed E-state index contributed by atoms with van der Waals surface area (Å²) in [6.45, 7) is 2.55. The Morgan fingerprint density at radius 1 is 1.00 bits per heavy atom. The molecule has 0 atom stereocenters. The number of nitrogens with one attached hydrogen (secondary N) is 2. The van der Waals surface area contributed by atoms with Gasteiger partial charge in [0.1, 0.15) is 12.3 Å². The third-order valence-electron chi connectivity index (χ3n) is 3.73. The van der Waals surface area contributed by atoms with Crippen molar-refractivity contribution in [2.75, 3.05) is 25.6 Å².